The zero-order chi connectivity index (χ0) is 19.4. The van der Waals surface area contributed by atoms with E-state index in [-0.39, 0.29) is 23.6 Å². The van der Waals surface area contributed by atoms with Crippen LogP contribution in [-0.4, -0.2) is 20.9 Å². The van der Waals surface area contributed by atoms with Gasteiger partial charge in [-0.15, -0.1) is 0 Å². The Morgan fingerprint density at radius 2 is 1.69 bits per heavy atom. The van der Waals surface area contributed by atoms with Gasteiger partial charge in [0.1, 0.15) is 5.75 Å². The van der Waals surface area contributed by atoms with E-state index in [2.05, 4.69) is 30.8 Å². The summed E-state index contributed by atoms with van der Waals surface area (Å²) in [6, 6.07) is 13.8. The third-order valence-corrected chi connectivity index (χ3v) is 4.02. The summed E-state index contributed by atoms with van der Waals surface area (Å²) in [4.78, 5) is 12.0. The van der Waals surface area contributed by atoms with E-state index in [4.69, 9.17) is 9.88 Å². The lowest BCUT2D eigenvalue weighted by Gasteiger charge is -2.19. The lowest BCUT2D eigenvalue weighted by atomic mass is 9.87. The fraction of sp³-hybridized carbons (Fsp3) is 0.278. The number of anilines is 2. The van der Waals surface area contributed by atoms with E-state index in [1.54, 1.807) is 12.1 Å². The lowest BCUT2D eigenvalue weighted by Crippen LogP contribution is -2.22. The summed E-state index contributed by atoms with van der Waals surface area (Å²) in [7, 11) is -3.87. The number of amides is 1. The van der Waals surface area contributed by atoms with Gasteiger partial charge in [-0.05, 0) is 41.3 Å². The summed E-state index contributed by atoms with van der Waals surface area (Å²) < 4.78 is 29.7. The van der Waals surface area contributed by atoms with Crippen LogP contribution in [0.2, 0.25) is 0 Å². The predicted octanol–water partition coefficient (Wildman–Crippen LogP) is 2.62. The topological polar surface area (TPSA) is 111 Å². The van der Waals surface area contributed by atoms with Crippen LogP contribution in [0.25, 0.3) is 0 Å². The molecule has 0 bridgehead atoms. The number of carbonyl (C=O) groups excluding carboxylic acids is 1. The van der Waals surface area contributed by atoms with Gasteiger partial charge in [-0.3, -0.25) is 9.52 Å². The summed E-state index contributed by atoms with van der Waals surface area (Å²) >= 11 is 0. The van der Waals surface area contributed by atoms with Crippen molar-refractivity contribution in [2.45, 2.75) is 26.2 Å². The maximum Gasteiger partial charge on any atom is 0.296 e. The minimum absolute atomic E-state index is 0.0476. The molecule has 0 aliphatic carbocycles. The molecule has 0 atom stereocenters. The molecule has 140 valence electrons. The van der Waals surface area contributed by atoms with Gasteiger partial charge in [0.15, 0.2) is 6.61 Å². The third kappa shape index (κ3) is 6.38. The monoisotopic (exact) mass is 377 g/mol. The third-order valence-electron chi connectivity index (χ3n) is 3.50. The van der Waals surface area contributed by atoms with Crippen molar-refractivity contribution in [1.29, 1.82) is 0 Å². The molecule has 0 aliphatic rings. The van der Waals surface area contributed by atoms with E-state index in [9.17, 15) is 13.2 Å². The molecule has 0 spiro atoms. The SMILES string of the molecule is CC(C)(C)c1ccc(OCC(=O)Nc2cccc(NS(N)(=O)=O)c2)cc1. The number of benzene rings is 2. The predicted molar refractivity (Wildman–Crippen MR) is 102 cm³/mol. The molecule has 8 heteroatoms. The highest BCUT2D eigenvalue weighted by Crippen LogP contribution is 2.24. The first-order valence-electron chi connectivity index (χ1n) is 7.97. The molecule has 2 aromatic rings. The molecule has 1 amide bonds. The standard InChI is InChI=1S/C18H23N3O4S/c1-18(2,3)13-7-9-16(10-8-13)25-12-17(22)20-14-5-4-6-15(11-14)21-26(19,23)24/h4-11,21H,12H2,1-3H3,(H,20,22)(H2,19,23,24). The van der Waals surface area contributed by atoms with Crippen molar-refractivity contribution in [1.82, 2.24) is 0 Å². The fourth-order valence-corrected chi connectivity index (χ4v) is 2.68. The molecule has 0 fully saturated rings. The van der Waals surface area contributed by atoms with Crippen LogP contribution in [0.1, 0.15) is 26.3 Å². The van der Waals surface area contributed by atoms with Gasteiger partial charge in [-0.25, -0.2) is 5.14 Å². The van der Waals surface area contributed by atoms with Crippen LogP contribution in [-0.2, 0) is 20.4 Å². The Morgan fingerprint density at radius 3 is 2.27 bits per heavy atom. The number of carbonyl (C=O) groups is 1. The van der Waals surface area contributed by atoms with Crippen molar-refractivity contribution < 1.29 is 17.9 Å². The Balaban J connectivity index is 1.92. The van der Waals surface area contributed by atoms with Crippen LogP contribution >= 0.6 is 0 Å². The Labute approximate surface area is 153 Å². The van der Waals surface area contributed by atoms with Gasteiger partial charge in [0.05, 0.1) is 5.69 Å². The first-order valence-corrected chi connectivity index (χ1v) is 9.51. The molecule has 26 heavy (non-hydrogen) atoms. The first kappa shape index (κ1) is 19.7. The maximum absolute atomic E-state index is 12.0. The molecule has 4 N–H and O–H groups in total. The zero-order valence-electron chi connectivity index (χ0n) is 14.9. The normalized spacial score (nSPS) is 11.7. The van der Waals surface area contributed by atoms with Crippen LogP contribution < -0.4 is 19.9 Å². The largest absolute Gasteiger partial charge is 0.484 e. The summed E-state index contributed by atoms with van der Waals surface area (Å²) in [5.41, 5.74) is 1.90. The van der Waals surface area contributed by atoms with E-state index in [1.165, 1.54) is 17.7 Å². The maximum atomic E-state index is 12.0. The van der Waals surface area contributed by atoms with Crippen LogP contribution in [0, 0.1) is 0 Å². The second-order valence-electron chi connectivity index (χ2n) is 6.84. The smallest absolute Gasteiger partial charge is 0.296 e. The van der Waals surface area contributed by atoms with Gasteiger partial charge in [0.25, 0.3) is 16.1 Å². The Morgan fingerprint density at radius 1 is 1.08 bits per heavy atom. The van der Waals surface area contributed by atoms with Crippen molar-refractivity contribution in [3.05, 3.63) is 54.1 Å². The Kier molecular flexibility index (Phi) is 5.89. The van der Waals surface area contributed by atoms with Crippen molar-refractivity contribution in [2.24, 2.45) is 5.14 Å². The van der Waals surface area contributed by atoms with Gasteiger partial charge >= 0.3 is 0 Å². The van der Waals surface area contributed by atoms with Crippen LogP contribution in [0.4, 0.5) is 11.4 Å². The molecular weight excluding hydrogens is 354 g/mol. The van der Waals surface area contributed by atoms with E-state index in [0.717, 1.165) is 0 Å². The van der Waals surface area contributed by atoms with E-state index < -0.39 is 10.2 Å². The van der Waals surface area contributed by atoms with Gasteiger partial charge in [0, 0.05) is 5.69 Å². The summed E-state index contributed by atoms with van der Waals surface area (Å²) in [6.45, 7) is 6.20. The number of hydrogen-bond donors (Lipinski definition) is 3. The molecule has 0 radical (unpaired) electrons. The van der Waals surface area contributed by atoms with Crippen molar-refractivity contribution >= 4 is 27.5 Å². The molecule has 0 heterocycles. The van der Waals surface area contributed by atoms with E-state index in [1.807, 2.05) is 24.3 Å². The first-order chi connectivity index (χ1) is 12.0. The van der Waals surface area contributed by atoms with E-state index in [0.29, 0.717) is 11.4 Å². The highest BCUT2D eigenvalue weighted by molar-refractivity contribution is 7.90. The summed E-state index contributed by atoms with van der Waals surface area (Å²) in [6.07, 6.45) is 0. The highest BCUT2D eigenvalue weighted by atomic mass is 32.2. The van der Waals surface area contributed by atoms with Gasteiger partial charge in [-0.1, -0.05) is 39.0 Å². The summed E-state index contributed by atoms with van der Waals surface area (Å²) in [5.74, 6) is 0.232. The number of hydrogen-bond acceptors (Lipinski definition) is 4. The molecule has 2 aromatic carbocycles. The number of ether oxygens (including phenoxy) is 1. The minimum Gasteiger partial charge on any atom is -0.484 e. The minimum atomic E-state index is -3.87. The average molecular weight is 377 g/mol. The fourth-order valence-electron chi connectivity index (χ4n) is 2.22. The van der Waals surface area contributed by atoms with E-state index >= 15 is 0 Å². The molecule has 0 saturated heterocycles. The van der Waals surface area contributed by atoms with Gasteiger partial charge < -0.3 is 10.1 Å². The molecule has 7 nitrogen and oxygen atoms in total. The zero-order valence-corrected chi connectivity index (χ0v) is 15.8. The van der Waals surface area contributed by atoms with Crippen molar-refractivity contribution in [3.8, 4) is 5.75 Å². The highest BCUT2D eigenvalue weighted by Gasteiger charge is 2.13. The van der Waals surface area contributed by atoms with Gasteiger partial charge in [0.2, 0.25) is 0 Å². The summed E-state index contributed by atoms with van der Waals surface area (Å²) in [5, 5.41) is 7.56. The quantitative estimate of drug-likeness (QED) is 0.718. The number of nitrogens with two attached hydrogens (primary N) is 1. The number of nitrogens with one attached hydrogen (secondary N) is 2. The number of rotatable bonds is 6. The molecule has 0 unspecified atom stereocenters. The second-order valence-corrected chi connectivity index (χ2v) is 8.13. The molecular formula is C18H23N3O4S. The van der Waals surface area contributed by atoms with Crippen LogP contribution in [0.15, 0.2) is 48.5 Å². The van der Waals surface area contributed by atoms with Crippen molar-refractivity contribution in [2.75, 3.05) is 16.6 Å². The lowest BCUT2D eigenvalue weighted by molar-refractivity contribution is -0.118. The molecule has 0 aliphatic heterocycles. The van der Waals surface area contributed by atoms with Crippen LogP contribution in [0.5, 0.6) is 5.75 Å². The molecule has 0 saturated carbocycles. The van der Waals surface area contributed by atoms with Crippen molar-refractivity contribution in [3.63, 3.8) is 0 Å². The Bertz CT molecular complexity index is 872. The van der Waals surface area contributed by atoms with Crippen LogP contribution in [0.3, 0.4) is 0 Å². The van der Waals surface area contributed by atoms with Gasteiger partial charge in [-0.2, -0.15) is 8.42 Å². The molecule has 0 aromatic heterocycles. The average Bonchev–Trinajstić information content (AvgIpc) is 2.51. The molecule has 2 rings (SSSR count). The second kappa shape index (κ2) is 7.76. The Hall–Kier alpha value is -2.58.